The molecule has 6 rings (SSSR count). The van der Waals surface area contributed by atoms with Crippen LogP contribution in [-0.4, -0.2) is 11.7 Å². The molecule has 0 fully saturated rings. The zero-order valence-corrected chi connectivity index (χ0v) is 24.6. The molecular weight excluding hydrogens is 547 g/mol. The lowest BCUT2D eigenvalue weighted by atomic mass is 9.77. The summed E-state index contributed by atoms with van der Waals surface area (Å²) in [7, 11) is 0. The third-order valence-electron chi connectivity index (χ3n) is 8.25. The van der Waals surface area contributed by atoms with Crippen LogP contribution in [0.2, 0.25) is 5.02 Å². The van der Waals surface area contributed by atoms with Crippen molar-refractivity contribution in [3.8, 4) is 0 Å². The Morgan fingerprint density at radius 3 is 2.19 bits per heavy atom. The Morgan fingerprint density at radius 1 is 0.857 bits per heavy atom. The number of para-hydroxylation sites is 2. The first kappa shape index (κ1) is 27.9. The van der Waals surface area contributed by atoms with Crippen molar-refractivity contribution in [2.75, 3.05) is 10.2 Å². The largest absolute Gasteiger partial charge is 0.357 e. The van der Waals surface area contributed by atoms with Crippen LogP contribution in [0.4, 0.5) is 15.8 Å². The summed E-state index contributed by atoms with van der Waals surface area (Å²) in [5.41, 5.74) is 5.95. The van der Waals surface area contributed by atoms with E-state index in [9.17, 15) is 14.0 Å². The van der Waals surface area contributed by atoms with Gasteiger partial charge in [0.25, 0.3) is 5.91 Å². The zero-order valence-electron chi connectivity index (χ0n) is 23.8. The second kappa shape index (κ2) is 10.9. The van der Waals surface area contributed by atoms with E-state index in [0.29, 0.717) is 45.9 Å². The molecule has 0 bridgehead atoms. The van der Waals surface area contributed by atoms with Gasteiger partial charge in [0.15, 0.2) is 5.78 Å². The van der Waals surface area contributed by atoms with E-state index in [1.165, 1.54) is 17.7 Å². The van der Waals surface area contributed by atoms with E-state index >= 15 is 0 Å². The minimum atomic E-state index is -0.780. The molecule has 4 aromatic carbocycles. The molecule has 1 amide bonds. The molecule has 6 heteroatoms. The van der Waals surface area contributed by atoms with Crippen LogP contribution in [0.3, 0.4) is 0 Å². The molecule has 0 spiro atoms. The van der Waals surface area contributed by atoms with Crippen molar-refractivity contribution >= 4 is 34.7 Å². The molecule has 42 heavy (non-hydrogen) atoms. The topological polar surface area (TPSA) is 49.4 Å². The third kappa shape index (κ3) is 5.14. The van der Waals surface area contributed by atoms with E-state index in [-0.39, 0.29) is 23.0 Å². The smallest absolute Gasteiger partial charge is 0.260 e. The highest BCUT2D eigenvalue weighted by molar-refractivity contribution is 6.34. The highest BCUT2D eigenvalue weighted by Crippen LogP contribution is 2.48. The Balaban J connectivity index is 1.52. The van der Waals surface area contributed by atoms with Gasteiger partial charge in [0.05, 0.1) is 28.0 Å². The number of amides is 1. The molecule has 0 aromatic heterocycles. The second-order valence-corrected chi connectivity index (χ2v) is 12.5. The van der Waals surface area contributed by atoms with Crippen molar-refractivity contribution < 1.29 is 14.0 Å². The van der Waals surface area contributed by atoms with Crippen molar-refractivity contribution in [2.24, 2.45) is 0 Å². The minimum absolute atomic E-state index is 0.0235. The van der Waals surface area contributed by atoms with E-state index in [2.05, 4.69) is 50.4 Å². The molecule has 1 aliphatic carbocycles. The Morgan fingerprint density at radius 2 is 1.50 bits per heavy atom. The van der Waals surface area contributed by atoms with Crippen molar-refractivity contribution in [2.45, 2.75) is 51.0 Å². The molecule has 0 saturated carbocycles. The molecule has 0 radical (unpaired) electrons. The van der Waals surface area contributed by atoms with E-state index in [4.69, 9.17) is 11.6 Å². The first-order valence-corrected chi connectivity index (χ1v) is 14.6. The molecule has 4 nitrogen and oxygen atoms in total. The Hall–Kier alpha value is -4.22. The molecule has 2 atom stereocenters. The molecule has 1 N–H and O–H groups in total. The van der Waals surface area contributed by atoms with Gasteiger partial charge in [0, 0.05) is 17.7 Å². The number of nitrogens with zero attached hydrogens (tertiary/aromatic N) is 1. The van der Waals surface area contributed by atoms with Crippen LogP contribution >= 0.6 is 11.6 Å². The van der Waals surface area contributed by atoms with Crippen molar-refractivity contribution in [3.05, 3.63) is 141 Å². The normalized spacial score (nSPS) is 18.6. The lowest BCUT2D eigenvalue weighted by Crippen LogP contribution is -2.38. The molecule has 0 saturated heterocycles. The number of benzene rings is 4. The van der Waals surface area contributed by atoms with E-state index in [1.54, 1.807) is 41.3 Å². The number of hydrogen-bond acceptors (Lipinski definition) is 3. The number of Topliss-reactive ketones (excluding diaryl/α,β-unsaturated/α-hetero) is 1. The van der Waals surface area contributed by atoms with Crippen LogP contribution in [0.15, 0.2) is 108 Å². The van der Waals surface area contributed by atoms with Crippen molar-refractivity contribution in [1.29, 1.82) is 0 Å². The summed E-state index contributed by atoms with van der Waals surface area (Å²) in [5, 5.41) is 3.86. The second-order valence-electron chi connectivity index (χ2n) is 12.0. The van der Waals surface area contributed by atoms with Gasteiger partial charge in [-0.15, -0.1) is 0 Å². The summed E-state index contributed by atoms with van der Waals surface area (Å²) >= 11 is 6.52. The van der Waals surface area contributed by atoms with Gasteiger partial charge in [-0.1, -0.05) is 93.0 Å². The number of nitrogens with one attached hydrogen (secondary N) is 1. The zero-order chi connectivity index (χ0) is 29.6. The maximum absolute atomic E-state index is 14.4. The highest BCUT2D eigenvalue weighted by atomic mass is 35.5. The first-order chi connectivity index (χ1) is 20.1. The van der Waals surface area contributed by atoms with Gasteiger partial charge >= 0.3 is 0 Å². The van der Waals surface area contributed by atoms with Gasteiger partial charge in [-0.3, -0.25) is 14.5 Å². The summed E-state index contributed by atoms with van der Waals surface area (Å²) in [5.74, 6) is -0.805. The Kier molecular flexibility index (Phi) is 7.24. The summed E-state index contributed by atoms with van der Waals surface area (Å²) in [4.78, 5) is 30.2. The Bertz CT molecular complexity index is 1700. The monoisotopic (exact) mass is 578 g/mol. The fourth-order valence-corrected chi connectivity index (χ4v) is 6.25. The molecule has 212 valence electrons. The number of carbonyl (C=O) groups is 2. The fraction of sp³-hybridized carbons (Fsp3) is 0.222. The van der Waals surface area contributed by atoms with E-state index in [1.807, 2.05) is 24.3 Å². The summed E-state index contributed by atoms with van der Waals surface area (Å²) < 4.78 is 14.1. The molecule has 1 heterocycles. The lowest BCUT2D eigenvalue weighted by molar-refractivity contribution is -0.116. The van der Waals surface area contributed by atoms with Gasteiger partial charge in [-0.25, -0.2) is 4.39 Å². The number of hydrogen-bond donors (Lipinski definition) is 1. The fourth-order valence-electron chi connectivity index (χ4n) is 6.03. The molecule has 4 aromatic rings. The minimum Gasteiger partial charge on any atom is -0.357 e. The van der Waals surface area contributed by atoms with Gasteiger partial charge in [0.1, 0.15) is 5.82 Å². The van der Waals surface area contributed by atoms with Crippen molar-refractivity contribution in [1.82, 2.24) is 0 Å². The van der Waals surface area contributed by atoms with Gasteiger partial charge < -0.3 is 5.32 Å². The van der Waals surface area contributed by atoms with Crippen LogP contribution in [0, 0.1) is 5.82 Å². The van der Waals surface area contributed by atoms with E-state index in [0.717, 1.165) is 11.3 Å². The lowest BCUT2D eigenvalue weighted by Gasteiger charge is -2.35. The number of allylic oxidation sites excluding steroid dienone is 1. The third-order valence-corrected chi connectivity index (χ3v) is 8.58. The SMILES string of the molecule is CC(C)(C)c1ccc([C@@H]2CC(=O)C3=C(C2)Nc2ccccc2N(C(=O)c2ccccc2Cl)[C@H]3c2ccc(F)cc2)cc1. The average molecular weight is 579 g/mol. The van der Waals surface area contributed by atoms with Gasteiger partial charge in [0.2, 0.25) is 0 Å². The van der Waals surface area contributed by atoms with Crippen LogP contribution in [-0.2, 0) is 10.2 Å². The summed E-state index contributed by atoms with van der Waals surface area (Å²) in [6.45, 7) is 6.55. The van der Waals surface area contributed by atoms with Gasteiger partial charge in [-0.05, 0) is 70.8 Å². The quantitative estimate of drug-likeness (QED) is 0.264. The molecule has 2 aliphatic rings. The average Bonchev–Trinajstić information content (AvgIpc) is 3.12. The number of halogens is 2. The van der Waals surface area contributed by atoms with Crippen molar-refractivity contribution in [3.63, 3.8) is 0 Å². The van der Waals surface area contributed by atoms with Crippen LogP contribution in [0.25, 0.3) is 0 Å². The van der Waals surface area contributed by atoms with Crippen LogP contribution in [0.1, 0.15) is 72.6 Å². The number of ketones is 1. The standard InChI is InChI=1S/C36H32ClFN2O2/c1-36(2,3)25-16-12-22(13-17-25)24-20-30-33(32(41)21-24)34(23-14-18-26(38)19-15-23)40(31-11-7-6-10-29(31)39-30)35(42)27-8-4-5-9-28(27)37/h4-19,24,34,39H,20-21H2,1-3H3/t24-,34-/m0/s1. The first-order valence-electron chi connectivity index (χ1n) is 14.2. The Labute approximate surface area is 250 Å². The maximum Gasteiger partial charge on any atom is 0.260 e. The summed E-state index contributed by atoms with van der Waals surface area (Å²) in [6, 6.07) is 28.2. The predicted molar refractivity (Wildman–Crippen MR) is 167 cm³/mol. The van der Waals surface area contributed by atoms with E-state index < -0.39 is 11.9 Å². The molecule has 0 unspecified atom stereocenters. The maximum atomic E-state index is 14.4. The molecule has 1 aliphatic heterocycles. The molecular formula is C36H32ClFN2O2. The van der Waals surface area contributed by atoms with Crippen LogP contribution < -0.4 is 10.2 Å². The van der Waals surface area contributed by atoms with Gasteiger partial charge in [-0.2, -0.15) is 0 Å². The number of rotatable bonds is 3. The number of carbonyl (C=O) groups excluding carboxylic acids is 2. The van der Waals surface area contributed by atoms with Crippen LogP contribution in [0.5, 0.6) is 0 Å². The number of anilines is 2. The highest BCUT2D eigenvalue weighted by Gasteiger charge is 2.42. The number of fused-ring (bicyclic) bond motifs is 1. The predicted octanol–water partition coefficient (Wildman–Crippen LogP) is 8.99. The summed E-state index contributed by atoms with van der Waals surface area (Å²) in [6.07, 6.45) is 0.896.